The molecule has 0 amide bonds. The first-order chi connectivity index (χ1) is 17.3. The Bertz CT molecular complexity index is 2030. The van der Waals surface area contributed by atoms with Crippen LogP contribution >= 0.6 is 0 Å². The number of aromatic nitrogens is 2. The Morgan fingerprint density at radius 2 is 1.17 bits per heavy atom. The number of pyridine rings is 1. The van der Waals surface area contributed by atoms with Crippen molar-refractivity contribution in [2.75, 3.05) is 0 Å². The molecule has 0 aliphatic carbocycles. The molecular formula is C33H20N2. The summed E-state index contributed by atoms with van der Waals surface area (Å²) in [6, 6.07) is 39.5. The molecule has 162 valence electrons. The highest BCUT2D eigenvalue weighted by atomic mass is 15.0. The van der Waals surface area contributed by atoms with Gasteiger partial charge in [0.2, 0.25) is 0 Å². The Labute approximate surface area is 202 Å². The van der Waals surface area contributed by atoms with E-state index in [0.29, 0.717) is 0 Å². The second kappa shape index (κ2) is 6.91. The summed E-state index contributed by atoms with van der Waals surface area (Å²) in [5.41, 5.74) is 5.60. The first-order valence-corrected chi connectivity index (χ1v) is 12.0. The average Bonchev–Trinajstić information content (AvgIpc) is 3.37. The first-order valence-electron chi connectivity index (χ1n) is 12.0. The minimum absolute atomic E-state index is 0.989. The summed E-state index contributed by atoms with van der Waals surface area (Å²) < 4.78 is 2.12. The number of fused-ring (bicyclic) bond motifs is 3. The minimum Gasteiger partial charge on any atom is -0.306 e. The van der Waals surface area contributed by atoms with Gasteiger partial charge in [-0.05, 0) is 54.9 Å². The summed E-state index contributed by atoms with van der Waals surface area (Å²) in [6.45, 7) is 0. The van der Waals surface area contributed by atoms with Crippen molar-refractivity contribution in [2.24, 2.45) is 0 Å². The summed E-state index contributed by atoms with van der Waals surface area (Å²) in [4.78, 5) is 4.98. The highest BCUT2D eigenvalue weighted by Crippen LogP contribution is 2.39. The van der Waals surface area contributed by atoms with Gasteiger partial charge in [0.1, 0.15) is 5.65 Å². The van der Waals surface area contributed by atoms with Crippen molar-refractivity contribution in [2.45, 2.75) is 0 Å². The molecule has 0 fully saturated rings. The number of hydrogen-bond acceptors (Lipinski definition) is 1. The molecule has 0 aliphatic rings. The van der Waals surface area contributed by atoms with Gasteiger partial charge in [-0.1, -0.05) is 103 Å². The van der Waals surface area contributed by atoms with Gasteiger partial charge in [-0.25, -0.2) is 4.98 Å². The second-order valence-electron chi connectivity index (χ2n) is 9.31. The van der Waals surface area contributed by atoms with Crippen molar-refractivity contribution in [3.63, 3.8) is 0 Å². The molecule has 0 saturated carbocycles. The van der Waals surface area contributed by atoms with Crippen LogP contribution in [0.15, 0.2) is 122 Å². The molecule has 0 bridgehead atoms. The van der Waals surface area contributed by atoms with Crippen LogP contribution in [0.1, 0.15) is 0 Å². The van der Waals surface area contributed by atoms with Crippen molar-refractivity contribution in [1.82, 2.24) is 9.38 Å². The summed E-state index contributed by atoms with van der Waals surface area (Å²) in [5, 5.41) is 10.3. The van der Waals surface area contributed by atoms with Gasteiger partial charge in [0.25, 0.3) is 0 Å². The maximum atomic E-state index is 4.98. The largest absolute Gasteiger partial charge is 0.306 e. The van der Waals surface area contributed by atoms with Crippen molar-refractivity contribution < 1.29 is 0 Å². The van der Waals surface area contributed by atoms with E-state index in [0.717, 1.165) is 16.9 Å². The first kappa shape index (κ1) is 18.7. The fraction of sp³-hybridized carbons (Fsp3) is 0. The zero-order chi connectivity index (χ0) is 22.9. The minimum atomic E-state index is 0.989. The third-order valence-electron chi connectivity index (χ3n) is 7.37. The zero-order valence-corrected chi connectivity index (χ0v) is 18.9. The fourth-order valence-electron chi connectivity index (χ4n) is 5.66. The van der Waals surface area contributed by atoms with Crippen molar-refractivity contribution >= 4 is 48.7 Å². The zero-order valence-electron chi connectivity index (χ0n) is 18.9. The van der Waals surface area contributed by atoms with E-state index >= 15 is 0 Å². The van der Waals surface area contributed by atoms with Crippen molar-refractivity contribution in [1.29, 1.82) is 0 Å². The van der Waals surface area contributed by atoms with E-state index in [1.165, 1.54) is 54.2 Å². The summed E-state index contributed by atoms with van der Waals surface area (Å²) in [7, 11) is 0. The quantitative estimate of drug-likeness (QED) is 0.244. The lowest BCUT2D eigenvalue weighted by Gasteiger charge is -2.14. The molecule has 0 saturated heterocycles. The topological polar surface area (TPSA) is 17.3 Å². The molecule has 0 radical (unpaired) electrons. The van der Waals surface area contributed by atoms with Crippen LogP contribution in [0.25, 0.3) is 71.1 Å². The SMILES string of the molecule is c1ccc2c(c1)ccn1cc(-c3ccc(-c4ccc5ccc6cccc7ccc4c5c67)cc3)nc21. The van der Waals surface area contributed by atoms with Crippen molar-refractivity contribution in [3.05, 3.63) is 122 Å². The molecule has 2 heteroatoms. The van der Waals surface area contributed by atoms with E-state index in [4.69, 9.17) is 4.98 Å². The van der Waals surface area contributed by atoms with Gasteiger partial charge in [-0.15, -0.1) is 0 Å². The maximum Gasteiger partial charge on any atom is 0.145 e. The normalized spacial score (nSPS) is 12.0. The van der Waals surface area contributed by atoms with Crippen LogP contribution in [0.3, 0.4) is 0 Å². The number of benzene rings is 6. The van der Waals surface area contributed by atoms with E-state index in [1.54, 1.807) is 0 Å². The summed E-state index contributed by atoms with van der Waals surface area (Å²) >= 11 is 0. The Hall–Kier alpha value is -4.69. The van der Waals surface area contributed by atoms with E-state index in [9.17, 15) is 0 Å². The Morgan fingerprint density at radius 1 is 0.486 bits per heavy atom. The van der Waals surface area contributed by atoms with Crippen LogP contribution in [0.5, 0.6) is 0 Å². The molecule has 0 aliphatic heterocycles. The smallest absolute Gasteiger partial charge is 0.145 e. The van der Waals surface area contributed by atoms with Crippen LogP contribution < -0.4 is 0 Å². The molecular weight excluding hydrogens is 424 g/mol. The van der Waals surface area contributed by atoms with Gasteiger partial charge in [-0.3, -0.25) is 0 Å². The Balaban J connectivity index is 1.27. The van der Waals surface area contributed by atoms with E-state index in [2.05, 4.69) is 126 Å². The molecule has 6 aromatic carbocycles. The monoisotopic (exact) mass is 444 g/mol. The molecule has 2 nitrogen and oxygen atoms in total. The van der Waals surface area contributed by atoms with Gasteiger partial charge < -0.3 is 4.40 Å². The highest BCUT2D eigenvalue weighted by molar-refractivity contribution is 6.25. The molecule has 2 aromatic heterocycles. The van der Waals surface area contributed by atoms with Gasteiger partial charge in [0, 0.05) is 23.3 Å². The lowest BCUT2D eigenvalue weighted by molar-refractivity contribution is 1.20. The molecule has 0 N–H and O–H groups in total. The summed E-state index contributed by atoms with van der Waals surface area (Å²) in [5.74, 6) is 0. The van der Waals surface area contributed by atoms with Crippen LogP contribution in [-0.4, -0.2) is 9.38 Å². The molecule has 0 spiro atoms. The molecule has 8 aromatic rings. The predicted octanol–water partition coefficient (Wildman–Crippen LogP) is 8.72. The van der Waals surface area contributed by atoms with Gasteiger partial charge in [0.05, 0.1) is 5.69 Å². The lowest BCUT2D eigenvalue weighted by atomic mass is 9.90. The highest BCUT2D eigenvalue weighted by Gasteiger charge is 2.13. The number of nitrogens with zero attached hydrogens (tertiary/aromatic N) is 2. The average molecular weight is 445 g/mol. The van der Waals surface area contributed by atoms with E-state index < -0.39 is 0 Å². The van der Waals surface area contributed by atoms with Crippen LogP contribution in [0.4, 0.5) is 0 Å². The molecule has 0 unspecified atom stereocenters. The van der Waals surface area contributed by atoms with Crippen LogP contribution in [-0.2, 0) is 0 Å². The number of hydrogen-bond donors (Lipinski definition) is 0. The standard InChI is InChI=1S/C33H20N2/c1-2-7-28-21(4-1)18-19-35-20-30(34-33(28)35)23-10-8-22(9-11-23)27-16-14-26-13-12-24-5-3-6-25-15-17-29(27)32(26)31(24)25/h1-20H. The maximum absolute atomic E-state index is 4.98. The Kier molecular flexibility index (Phi) is 3.69. The van der Waals surface area contributed by atoms with Crippen LogP contribution in [0.2, 0.25) is 0 Å². The second-order valence-corrected chi connectivity index (χ2v) is 9.31. The van der Waals surface area contributed by atoms with Gasteiger partial charge >= 0.3 is 0 Å². The van der Waals surface area contributed by atoms with E-state index in [1.807, 2.05) is 0 Å². The fourth-order valence-corrected chi connectivity index (χ4v) is 5.66. The number of rotatable bonds is 2. The number of imidazole rings is 1. The summed E-state index contributed by atoms with van der Waals surface area (Å²) in [6.07, 6.45) is 4.21. The van der Waals surface area contributed by atoms with E-state index in [-0.39, 0.29) is 0 Å². The van der Waals surface area contributed by atoms with Gasteiger partial charge in [0.15, 0.2) is 0 Å². The third kappa shape index (κ3) is 2.68. The molecule has 0 atom stereocenters. The third-order valence-corrected chi connectivity index (χ3v) is 7.37. The Morgan fingerprint density at radius 3 is 2.03 bits per heavy atom. The van der Waals surface area contributed by atoms with Crippen LogP contribution in [0, 0.1) is 0 Å². The van der Waals surface area contributed by atoms with Gasteiger partial charge in [-0.2, -0.15) is 0 Å². The van der Waals surface area contributed by atoms with Crippen molar-refractivity contribution in [3.8, 4) is 22.4 Å². The molecule has 35 heavy (non-hydrogen) atoms. The molecule has 2 heterocycles. The predicted molar refractivity (Wildman–Crippen MR) is 147 cm³/mol. The molecule has 8 rings (SSSR count). The lowest BCUT2D eigenvalue weighted by Crippen LogP contribution is -1.87.